The molecule has 0 radical (unpaired) electrons. The van der Waals surface area contributed by atoms with Crippen LogP contribution in [0.4, 0.5) is 0 Å². The number of nitrogens with one attached hydrogen (secondary N) is 1. The Morgan fingerprint density at radius 3 is 2.30 bits per heavy atom. The van der Waals surface area contributed by atoms with E-state index in [0.29, 0.717) is 37.3 Å². The zero-order valence-electron chi connectivity index (χ0n) is 15.6. The van der Waals surface area contributed by atoms with Crippen molar-refractivity contribution in [3.63, 3.8) is 0 Å². The molecule has 144 valence electrons. The maximum Gasteiger partial charge on any atom is 0.240 e. The Morgan fingerprint density at radius 2 is 1.70 bits per heavy atom. The molecule has 7 heteroatoms. The quantitative estimate of drug-likeness (QED) is 0.576. The van der Waals surface area contributed by atoms with E-state index in [1.165, 1.54) is 0 Å². The van der Waals surface area contributed by atoms with E-state index in [9.17, 15) is 14.4 Å². The van der Waals surface area contributed by atoms with Crippen molar-refractivity contribution >= 4 is 17.7 Å². The van der Waals surface area contributed by atoms with Crippen LogP contribution in [0.5, 0.6) is 11.5 Å². The number of imide groups is 1. The molecule has 3 amide bonds. The normalized spacial score (nSPS) is 21.2. The lowest BCUT2D eigenvalue weighted by Gasteiger charge is -2.14. The summed E-state index contributed by atoms with van der Waals surface area (Å²) < 4.78 is 10.5. The first-order valence-corrected chi connectivity index (χ1v) is 9.03. The molecule has 1 aliphatic heterocycles. The molecule has 3 rings (SSSR count). The van der Waals surface area contributed by atoms with Crippen LogP contribution in [0.25, 0.3) is 0 Å². The van der Waals surface area contributed by atoms with E-state index in [2.05, 4.69) is 5.32 Å². The Labute approximate surface area is 158 Å². The summed E-state index contributed by atoms with van der Waals surface area (Å²) in [6, 6.07) is 5.57. The maximum absolute atomic E-state index is 12.4. The van der Waals surface area contributed by atoms with Crippen LogP contribution in [0.15, 0.2) is 30.4 Å². The first-order valence-electron chi connectivity index (χ1n) is 9.03. The molecule has 0 bridgehead atoms. The molecular weight excluding hydrogens is 348 g/mol. The SMILES string of the molecule is COc1ccc(CCNC(=O)CN2C(=O)[C@H]3CC=CC[C@H]3C2=O)cc1OC. The van der Waals surface area contributed by atoms with Crippen molar-refractivity contribution < 1.29 is 23.9 Å². The summed E-state index contributed by atoms with van der Waals surface area (Å²) >= 11 is 0. The molecule has 27 heavy (non-hydrogen) atoms. The van der Waals surface area contributed by atoms with Gasteiger partial charge >= 0.3 is 0 Å². The Kier molecular flexibility index (Phi) is 5.78. The molecular formula is C20H24N2O5. The number of likely N-dealkylation sites (tertiary alicyclic amines) is 1. The number of fused-ring (bicyclic) bond motifs is 1. The van der Waals surface area contributed by atoms with Crippen molar-refractivity contribution in [2.45, 2.75) is 19.3 Å². The Bertz CT molecular complexity index is 748. The van der Waals surface area contributed by atoms with E-state index in [-0.39, 0.29) is 36.1 Å². The molecule has 1 aromatic rings. The monoisotopic (exact) mass is 372 g/mol. The number of ether oxygens (including phenoxy) is 2. The minimum Gasteiger partial charge on any atom is -0.493 e. The molecule has 2 atom stereocenters. The van der Waals surface area contributed by atoms with Gasteiger partial charge in [-0.3, -0.25) is 19.3 Å². The first kappa shape index (κ1) is 18.9. The number of allylic oxidation sites excluding steroid dienone is 2. The zero-order valence-corrected chi connectivity index (χ0v) is 15.6. The molecule has 0 unspecified atom stereocenters. The Hall–Kier alpha value is -2.83. The Balaban J connectivity index is 1.50. The van der Waals surface area contributed by atoms with Gasteiger partial charge in [-0.25, -0.2) is 0 Å². The van der Waals surface area contributed by atoms with Crippen molar-refractivity contribution in [2.24, 2.45) is 11.8 Å². The second kappa shape index (κ2) is 8.24. The summed E-state index contributed by atoms with van der Waals surface area (Å²) in [6.45, 7) is 0.190. The van der Waals surface area contributed by atoms with E-state index in [1.807, 2.05) is 30.4 Å². The zero-order chi connectivity index (χ0) is 19.4. The van der Waals surface area contributed by atoms with Crippen LogP contribution in [0, 0.1) is 11.8 Å². The molecule has 0 spiro atoms. The van der Waals surface area contributed by atoms with E-state index < -0.39 is 0 Å². The molecule has 1 saturated heterocycles. The average molecular weight is 372 g/mol. The van der Waals surface area contributed by atoms with Crippen LogP contribution in [0.2, 0.25) is 0 Å². The molecule has 1 fully saturated rings. The lowest BCUT2D eigenvalue weighted by Crippen LogP contribution is -2.41. The highest BCUT2D eigenvalue weighted by Crippen LogP contribution is 2.34. The van der Waals surface area contributed by atoms with Gasteiger partial charge in [0.15, 0.2) is 11.5 Å². The fourth-order valence-electron chi connectivity index (χ4n) is 3.61. The van der Waals surface area contributed by atoms with Crippen LogP contribution in [-0.4, -0.2) is 49.9 Å². The van der Waals surface area contributed by atoms with E-state index in [0.717, 1.165) is 10.5 Å². The minimum atomic E-state index is -0.330. The summed E-state index contributed by atoms with van der Waals surface area (Å²) in [7, 11) is 3.14. The highest BCUT2D eigenvalue weighted by atomic mass is 16.5. The van der Waals surface area contributed by atoms with Crippen LogP contribution < -0.4 is 14.8 Å². The standard InChI is InChI=1S/C20H24N2O5/c1-26-16-8-7-13(11-17(16)27-2)9-10-21-18(23)12-22-19(24)14-5-3-4-6-15(14)20(22)25/h3-4,7-8,11,14-15H,5-6,9-10,12H2,1-2H3,(H,21,23)/t14-,15+. The van der Waals surface area contributed by atoms with Gasteiger partial charge in [0.25, 0.3) is 0 Å². The summed E-state index contributed by atoms with van der Waals surface area (Å²) in [5.41, 5.74) is 0.985. The summed E-state index contributed by atoms with van der Waals surface area (Å²) in [5.74, 6) is -0.125. The second-order valence-electron chi connectivity index (χ2n) is 6.71. The number of rotatable bonds is 7. The van der Waals surface area contributed by atoms with Gasteiger partial charge in [-0.05, 0) is 37.0 Å². The topological polar surface area (TPSA) is 84.9 Å². The molecule has 1 N–H and O–H groups in total. The van der Waals surface area contributed by atoms with Crippen LogP contribution in [0.1, 0.15) is 18.4 Å². The number of amides is 3. The predicted octanol–water partition coefficient (Wildman–Crippen LogP) is 1.31. The minimum absolute atomic E-state index is 0.212. The van der Waals surface area contributed by atoms with Gasteiger partial charge in [-0.15, -0.1) is 0 Å². The van der Waals surface area contributed by atoms with Crippen LogP contribution >= 0.6 is 0 Å². The number of hydrogen-bond donors (Lipinski definition) is 1. The number of nitrogens with zero attached hydrogens (tertiary/aromatic N) is 1. The summed E-state index contributed by atoms with van der Waals surface area (Å²) in [4.78, 5) is 38.1. The first-order chi connectivity index (χ1) is 13.0. The molecule has 1 aromatic carbocycles. The van der Waals surface area contributed by atoms with E-state index >= 15 is 0 Å². The summed E-state index contributed by atoms with van der Waals surface area (Å²) in [6.07, 6.45) is 5.61. The van der Waals surface area contributed by atoms with Crippen molar-refractivity contribution in [2.75, 3.05) is 27.3 Å². The smallest absolute Gasteiger partial charge is 0.240 e. The van der Waals surface area contributed by atoms with E-state index in [4.69, 9.17) is 9.47 Å². The largest absolute Gasteiger partial charge is 0.493 e. The number of methoxy groups -OCH3 is 2. The van der Waals surface area contributed by atoms with Gasteiger partial charge < -0.3 is 14.8 Å². The van der Waals surface area contributed by atoms with Crippen LogP contribution in [-0.2, 0) is 20.8 Å². The Morgan fingerprint density at radius 1 is 1.07 bits per heavy atom. The van der Waals surface area contributed by atoms with Gasteiger partial charge in [0.2, 0.25) is 17.7 Å². The molecule has 2 aliphatic rings. The van der Waals surface area contributed by atoms with Gasteiger partial charge in [-0.2, -0.15) is 0 Å². The lowest BCUT2D eigenvalue weighted by atomic mass is 9.85. The fraction of sp³-hybridized carbons (Fsp3) is 0.450. The average Bonchev–Trinajstić information content (AvgIpc) is 2.93. The lowest BCUT2D eigenvalue weighted by molar-refractivity contribution is -0.143. The predicted molar refractivity (Wildman–Crippen MR) is 98.3 cm³/mol. The maximum atomic E-state index is 12.4. The van der Waals surface area contributed by atoms with Gasteiger partial charge in [-0.1, -0.05) is 18.2 Å². The van der Waals surface area contributed by atoms with Crippen LogP contribution in [0.3, 0.4) is 0 Å². The third-order valence-electron chi connectivity index (χ3n) is 5.08. The van der Waals surface area contributed by atoms with Crippen molar-refractivity contribution in [3.05, 3.63) is 35.9 Å². The highest BCUT2D eigenvalue weighted by Gasteiger charge is 2.47. The third-order valence-corrected chi connectivity index (χ3v) is 5.08. The molecule has 7 nitrogen and oxygen atoms in total. The number of hydrogen-bond acceptors (Lipinski definition) is 5. The molecule has 0 saturated carbocycles. The molecule has 0 aromatic heterocycles. The van der Waals surface area contributed by atoms with Crippen molar-refractivity contribution in [3.8, 4) is 11.5 Å². The molecule has 1 heterocycles. The second-order valence-corrected chi connectivity index (χ2v) is 6.71. The number of benzene rings is 1. The van der Waals surface area contributed by atoms with Gasteiger partial charge in [0.1, 0.15) is 6.54 Å². The summed E-state index contributed by atoms with van der Waals surface area (Å²) in [5, 5.41) is 2.77. The highest BCUT2D eigenvalue weighted by molar-refractivity contribution is 6.07. The van der Waals surface area contributed by atoms with Crippen molar-refractivity contribution in [1.82, 2.24) is 10.2 Å². The van der Waals surface area contributed by atoms with Gasteiger partial charge in [0.05, 0.1) is 26.1 Å². The van der Waals surface area contributed by atoms with Gasteiger partial charge in [0, 0.05) is 6.54 Å². The van der Waals surface area contributed by atoms with Crippen molar-refractivity contribution in [1.29, 1.82) is 0 Å². The molecule has 1 aliphatic carbocycles. The number of carbonyl (C=O) groups excluding carboxylic acids is 3. The fourth-order valence-corrected chi connectivity index (χ4v) is 3.61. The van der Waals surface area contributed by atoms with E-state index in [1.54, 1.807) is 14.2 Å². The number of carbonyl (C=O) groups is 3. The third kappa shape index (κ3) is 3.97.